The molecule has 4 nitrogen and oxygen atoms in total. The predicted octanol–water partition coefficient (Wildman–Crippen LogP) is 4.69. The van der Waals surface area contributed by atoms with Gasteiger partial charge in [0.15, 0.2) is 0 Å². The smallest absolute Gasteiger partial charge is 0.257 e. The Bertz CT molecular complexity index is 822. The van der Waals surface area contributed by atoms with E-state index in [4.69, 9.17) is 0 Å². The molecule has 0 aliphatic rings. The van der Waals surface area contributed by atoms with Gasteiger partial charge in [-0.3, -0.25) is 9.78 Å². The number of amides is 1. The summed E-state index contributed by atoms with van der Waals surface area (Å²) in [7, 11) is 0. The van der Waals surface area contributed by atoms with Crippen LogP contribution in [0.3, 0.4) is 0 Å². The first-order chi connectivity index (χ1) is 11.6. The molecule has 1 aromatic heterocycles. The molecule has 0 fully saturated rings. The lowest BCUT2D eigenvalue weighted by molar-refractivity contribution is 0.102. The number of anilines is 3. The molecule has 24 heavy (non-hydrogen) atoms. The Kier molecular flexibility index (Phi) is 4.57. The highest BCUT2D eigenvalue weighted by Gasteiger charge is 2.06. The largest absolute Gasteiger partial charge is 0.355 e. The van der Waals surface area contributed by atoms with Crippen molar-refractivity contribution in [1.82, 2.24) is 4.98 Å². The fourth-order valence-corrected chi connectivity index (χ4v) is 2.49. The number of aryl methyl sites for hydroxylation is 2. The van der Waals surface area contributed by atoms with Gasteiger partial charge in [0, 0.05) is 29.5 Å². The van der Waals surface area contributed by atoms with E-state index in [-0.39, 0.29) is 5.91 Å². The minimum Gasteiger partial charge on any atom is -0.355 e. The second kappa shape index (κ2) is 6.96. The van der Waals surface area contributed by atoms with Gasteiger partial charge in [-0.2, -0.15) is 0 Å². The second-order valence-corrected chi connectivity index (χ2v) is 5.66. The van der Waals surface area contributed by atoms with Gasteiger partial charge in [-0.25, -0.2) is 0 Å². The zero-order valence-corrected chi connectivity index (χ0v) is 13.7. The molecular formula is C20H19N3O. The SMILES string of the molecule is Cc1cccc(C)c1Nc1ccc(NC(=O)c2cccnc2)cc1. The summed E-state index contributed by atoms with van der Waals surface area (Å²) in [5, 5.41) is 6.30. The number of nitrogens with zero attached hydrogens (tertiary/aromatic N) is 1. The maximum absolute atomic E-state index is 12.1. The molecule has 2 N–H and O–H groups in total. The van der Waals surface area contributed by atoms with Crippen molar-refractivity contribution in [3.63, 3.8) is 0 Å². The van der Waals surface area contributed by atoms with Crippen LogP contribution in [0, 0.1) is 13.8 Å². The highest BCUT2D eigenvalue weighted by molar-refractivity contribution is 6.04. The summed E-state index contributed by atoms with van der Waals surface area (Å²) in [6.07, 6.45) is 3.19. The molecule has 120 valence electrons. The lowest BCUT2D eigenvalue weighted by atomic mass is 10.1. The van der Waals surface area contributed by atoms with E-state index in [1.54, 1.807) is 24.5 Å². The van der Waals surface area contributed by atoms with Gasteiger partial charge < -0.3 is 10.6 Å². The number of hydrogen-bond acceptors (Lipinski definition) is 3. The van der Waals surface area contributed by atoms with Crippen LogP contribution in [-0.4, -0.2) is 10.9 Å². The number of nitrogens with one attached hydrogen (secondary N) is 2. The number of pyridine rings is 1. The first-order valence-electron chi connectivity index (χ1n) is 7.78. The van der Waals surface area contributed by atoms with Crippen molar-refractivity contribution >= 4 is 23.0 Å². The van der Waals surface area contributed by atoms with E-state index in [9.17, 15) is 4.79 Å². The summed E-state index contributed by atoms with van der Waals surface area (Å²) >= 11 is 0. The number of hydrogen-bond donors (Lipinski definition) is 2. The molecule has 0 saturated carbocycles. The molecule has 2 aromatic carbocycles. The van der Waals surface area contributed by atoms with Gasteiger partial charge in [0.2, 0.25) is 0 Å². The number of aromatic nitrogens is 1. The van der Waals surface area contributed by atoms with E-state index in [0.29, 0.717) is 5.56 Å². The van der Waals surface area contributed by atoms with Gasteiger partial charge in [0.25, 0.3) is 5.91 Å². The lowest BCUT2D eigenvalue weighted by Crippen LogP contribution is -2.11. The number of benzene rings is 2. The summed E-state index contributed by atoms with van der Waals surface area (Å²) in [6.45, 7) is 4.16. The summed E-state index contributed by atoms with van der Waals surface area (Å²) in [5.74, 6) is -0.168. The third kappa shape index (κ3) is 3.60. The van der Waals surface area contributed by atoms with Crippen molar-refractivity contribution in [3.8, 4) is 0 Å². The topological polar surface area (TPSA) is 54.0 Å². The predicted molar refractivity (Wildman–Crippen MR) is 97.8 cm³/mol. The van der Waals surface area contributed by atoms with E-state index >= 15 is 0 Å². The molecule has 0 aliphatic heterocycles. The molecule has 0 bridgehead atoms. The Morgan fingerprint density at radius 1 is 0.875 bits per heavy atom. The summed E-state index contributed by atoms with van der Waals surface area (Å²) < 4.78 is 0. The number of carbonyl (C=O) groups excluding carboxylic acids is 1. The second-order valence-electron chi connectivity index (χ2n) is 5.66. The first kappa shape index (κ1) is 15.7. The Morgan fingerprint density at radius 2 is 1.54 bits per heavy atom. The van der Waals surface area contributed by atoms with E-state index in [1.807, 2.05) is 30.3 Å². The van der Waals surface area contributed by atoms with Crippen LogP contribution in [0.15, 0.2) is 67.0 Å². The van der Waals surface area contributed by atoms with E-state index in [1.165, 1.54) is 11.1 Å². The first-order valence-corrected chi connectivity index (χ1v) is 7.78. The standard InChI is InChI=1S/C20H19N3O/c1-14-5-3-6-15(2)19(14)22-17-8-10-18(11-9-17)23-20(24)16-7-4-12-21-13-16/h3-13,22H,1-2H3,(H,23,24). The molecule has 1 amide bonds. The Hall–Kier alpha value is -3.14. The molecule has 0 unspecified atom stereocenters. The molecule has 4 heteroatoms. The molecule has 0 saturated heterocycles. The minimum absolute atomic E-state index is 0.168. The van der Waals surface area contributed by atoms with E-state index < -0.39 is 0 Å². The van der Waals surface area contributed by atoms with E-state index in [0.717, 1.165) is 17.1 Å². The summed E-state index contributed by atoms with van der Waals surface area (Å²) in [5.41, 5.74) is 5.77. The van der Waals surface area contributed by atoms with Gasteiger partial charge in [0.1, 0.15) is 0 Å². The van der Waals surface area contributed by atoms with Crippen molar-refractivity contribution in [1.29, 1.82) is 0 Å². The molecule has 0 aliphatic carbocycles. The van der Waals surface area contributed by atoms with Crippen molar-refractivity contribution in [3.05, 3.63) is 83.7 Å². The van der Waals surface area contributed by atoms with Crippen LogP contribution in [0.25, 0.3) is 0 Å². The maximum atomic E-state index is 12.1. The Labute approximate surface area is 141 Å². The highest BCUT2D eigenvalue weighted by Crippen LogP contribution is 2.25. The molecule has 3 rings (SSSR count). The monoisotopic (exact) mass is 317 g/mol. The average Bonchev–Trinajstić information content (AvgIpc) is 2.60. The number of para-hydroxylation sites is 1. The normalized spacial score (nSPS) is 10.2. The van der Waals surface area contributed by atoms with Gasteiger partial charge in [-0.15, -0.1) is 0 Å². The Balaban J connectivity index is 1.71. The number of carbonyl (C=O) groups is 1. The fourth-order valence-electron chi connectivity index (χ4n) is 2.49. The average molecular weight is 317 g/mol. The summed E-state index contributed by atoms with van der Waals surface area (Å²) in [6, 6.07) is 17.3. The van der Waals surface area contributed by atoms with Gasteiger partial charge in [0.05, 0.1) is 5.56 Å². The molecule has 0 spiro atoms. The van der Waals surface area contributed by atoms with Crippen molar-refractivity contribution < 1.29 is 4.79 Å². The van der Waals surface area contributed by atoms with Gasteiger partial charge in [-0.1, -0.05) is 18.2 Å². The molecule has 0 atom stereocenters. The highest BCUT2D eigenvalue weighted by atomic mass is 16.1. The fraction of sp³-hybridized carbons (Fsp3) is 0.100. The minimum atomic E-state index is -0.168. The van der Waals surface area contributed by atoms with Gasteiger partial charge in [-0.05, 0) is 61.4 Å². The zero-order valence-electron chi connectivity index (χ0n) is 13.7. The van der Waals surface area contributed by atoms with Crippen molar-refractivity contribution in [2.24, 2.45) is 0 Å². The number of rotatable bonds is 4. The molecule has 0 radical (unpaired) electrons. The zero-order chi connectivity index (χ0) is 16.9. The van der Waals surface area contributed by atoms with Gasteiger partial charge >= 0.3 is 0 Å². The maximum Gasteiger partial charge on any atom is 0.257 e. The lowest BCUT2D eigenvalue weighted by Gasteiger charge is -2.13. The van der Waals surface area contributed by atoms with Crippen LogP contribution in [0.1, 0.15) is 21.5 Å². The summed E-state index contributed by atoms with van der Waals surface area (Å²) in [4.78, 5) is 16.1. The molecule has 1 heterocycles. The molecular weight excluding hydrogens is 298 g/mol. The van der Waals surface area contributed by atoms with Crippen LogP contribution in [0.2, 0.25) is 0 Å². The van der Waals surface area contributed by atoms with Crippen LogP contribution in [0.5, 0.6) is 0 Å². The van der Waals surface area contributed by atoms with Crippen LogP contribution < -0.4 is 10.6 Å². The van der Waals surface area contributed by atoms with E-state index in [2.05, 4.69) is 41.6 Å². The third-order valence-electron chi connectivity index (χ3n) is 3.82. The Morgan fingerprint density at radius 3 is 2.17 bits per heavy atom. The van der Waals surface area contributed by atoms with Crippen LogP contribution in [0.4, 0.5) is 17.1 Å². The third-order valence-corrected chi connectivity index (χ3v) is 3.82. The molecule has 3 aromatic rings. The van der Waals surface area contributed by atoms with Crippen molar-refractivity contribution in [2.75, 3.05) is 10.6 Å². The quantitative estimate of drug-likeness (QED) is 0.733. The van der Waals surface area contributed by atoms with Crippen LogP contribution in [-0.2, 0) is 0 Å². The van der Waals surface area contributed by atoms with Crippen molar-refractivity contribution in [2.45, 2.75) is 13.8 Å². The van der Waals surface area contributed by atoms with Crippen LogP contribution >= 0.6 is 0 Å².